The second-order valence-corrected chi connectivity index (χ2v) is 7.18. The van der Waals surface area contributed by atoms with Crippen molar-refractivity contribution in [2.75, 3.05) is 18.0 Å². The van der Waals surface area contributed by atoms with Crippen LogP contribution in [0.1, 0.15) is 44.1 Å². The van der Waals surface area contributed by atoms with Gasteiger partial charge in [0.25, 0.3) is 0 Å². The second kappa shape index (κ2) is 5.40. The molecule has 0 aromatic heterocycles. The highest BCUT2D eigenvalue weighted by Crippen LogP contribution is 2.47. The molecule has 1 aromatic carbocycles. The number of nitrogen functional groups attached to an aromatic ring is 1. The van der Waals surface area contributed by atoms with Crippen LogP contribution in [0.5, 0.6) is 0 Å². The van der Waals surface area contributed by atoms with E-state index in [4.69, 9.17) is 11.1 Å². The van der Waals surface area contributed by atoms with Crippen LogP contribution < -0.4 is 10.6 Å². The number of nitrogens with two attached hydrogens (primary N) is 1. The molecule has 1 aliphatic carbocycles. The standard InChI is InChI=1S/C16H22BrN3/c17-12-3-4-13(15(18)19)14(11-12)20-9-7-16(8-10-20)5-1-2-6-16/h3-4,11H,1-2,5-10H2,(H3,18,19). The molecule has 2 fully saturated rings. The van der Waals surface area contributed by atoms with E-state index in [9.17, 15) is 0 Å². The number of hydrogen-bond acceptors (Lipinski definition) is 2. The third kappa shape index (κ3) is 2.58. The van der Waals surface area contributed by atoms with Crippen molar-refractivity contribution >= 4 is 27.5 Å². The summed E-state index contributed by atoms with van der Waals surface area (Å²) in [5, 5.41) is 7.76. The number of hydrogen-bond donors (Lipinski definition) is 2. The normalized spacial score (nSPS) is 21.4. The van der Waals surface area contributed by atoms with Crippen LogP contribution in [0.25, 0.3) is 0 Å². The van der Waals surface area contributed by atoms with E-state index in [0.29, 0.717) is 5.41 Å². The second-order valence-electron chi connectivity index (χ2n) is 6.27. The summed E-state index contributed by atoms with van der Waals surface area (Å²) in [5.74, 6) is 0.161. The van der Waals surface area contributed by atoms with Crippen molar-refractivity contribution in [1.29, 1.82) is 5.41 Å². The highest BCUT2D eigenvalue weighted by Gasteiger charge is 2.37. The average Bonchev–Trinajstić information content (AvgIpc) is 2.87. The Kier molecular flexibility index (Phi) is 3.76. The van der Waals surface area contributed by atoms with E-state index in [2.05, 4.69) is 26.9 Å². The maximum atomic E-state index is 7.76. The fourth-order valence-corrected chi connectivity index (χ4v) is 4.19. The Bertz CT molecular complexity index is 510. The van der Waals surface area contributed by atoms with Crippen molar-refractivity contribution in [3.63, 3.8) is 0 Å². The lowest BCUT2D eigenvalue weighted by atomic mass is 9.77. The Morgan fingerprint density at radius 2 is 1.80 bits per heavy atom. The van der Waals surface area contributed by atoms with E-state index >= 15 is 0 Å². The number of piperidine rings is 1. The third-order valence-electron chi connectivity index (χ3n) is 5.08. The molecular weight excluding hydrogens is 314 g/mol. The van der Waals surface area contributed by atoms with Gasteiger partial charge in [0.2, 0.25) is 0 Å². The number of anilines is 1. The molecule has 2 aliphatic rings. The predicted molar refractivity (Wildman–Crippen MR) is 87.5 cm³/mol. The van der Waals surface area contributed by atoms with Crippen LogP contribution in [-0.4, -0.2) is 18.9 Å². The Morgan fingerprint density at radius 3 is 2.40 bits per heavy atom. The van der Waals surface area contributed by atoms with Gasteiger partial charge in [0, 0.05) is 28.8 Å². The van der Waals surface area contributed by atoms with Crippen LogP contribution in [0.4, 0.5) is 5.69 Å². The fourth-order valence-electron chi connectivity index (χ4n) is 3.84. The number of halogens is 1. The minimum atomic E-state index is 0.161. The molecule has 0 bridgehead atoms. The molecule has 1 saturated carbocycles. The maximum absolute atomic E-state index is 7.76. The molecule has 1 aliphatic heterocycles. The molecule has 1 heterocycles. The van der Waals surface area contributed by atoms with Crippen molar-refractivity contribution in [2.45, 2.75) is 38.5 Å². The Hall–Kier alpha value is -1.03. The SMILES string of the molecule is N=C(N)c1ccc(Br)cc1N1CCC2(CCCC2)CC1. The number of benzene rings is 1. The van der Waals surface area contributed by atoms with Crippen LogP contribution in [0.2, 0.25) is 0 Å². The van der Waals surface area contributed by atoms with Crippen molar-refractivity contribution < 1.29 is 0 Å². The summed E-state index contributed by atoms with van der Waals surface area (Å²) in [5.41, 5.74) is 8.32. The van der Waals surface area contributed by atoms with Gasteiger partial charge in [-0.15, -0.1) is 0 Å². The fraction of sp³-hybridized carbons (Fsp3) is 0.562. The smallest absolute Gasteiger partial charge is 0.124 e. The van der Waals surface area contributed by atoms with Crippen molar-refractivity contribution in [3.8, 4) is 0 Å². The lowest BCUT2D eigenvalue weighted by Crippen LogP contribution is -2.39. The van der Waals surface area contributed by atoms with Gasteiger partial charge in [-0.05, 0) is 49.3 Å². The number of nitrogens with zero attached hydrogens (tertiary/aromatic N) is 1. The van der Waals surface area contributed by atoms with Gasteiger partial charge < -0.3 is 10.6 Å². The van der Waals surface area contributed by atoms with Crippen molar-refractivity contribution in [2.24, 2.45) is 11.1 Å². The third-order valence-corrected chi connectivity index (χ3v) is 5.57. The van der Waals surface area contributed by atoms with Crippen LogP contribution in [0, 0.1) is 10.8 Å². The van der Waals surface area contributed by atoms with Crippen LogP contribution in [0.15, 0.2) is 22.7 Å². The van der Waals surface area contributed by atoms with Gasteiger partial charge in [-0.3, -0.25) is 5.41 Å². The molecule has 3 rings (SSSR count). The summed E-state index contributed by atoms with van der Waals surface area (Å²) in [6.45, 7) is 2.19. The summed E-state index contributed by atoms with van der Waals surface area (Å²) in [4.78, 5) is 2.41. The van der Waals surface area contributed by atoms with E-state index in [1.807, 2.05) is 12.1 Å². The molecule has 1 saturated heterocycles. The Balaban J connectivity index is 1.80. The highest BCUT2D eigenvalue weighted by molar-refractivity contribution is 9.10. The molecule has 1 aromatic rings. The van der Waals surface area contributed by atoms with Gasteiger partial charge in [0.1, 0.15) is 5.84 Å². The van der Waals surface area contributed by atoms with E-state index in [1.165, 1.54) is 38.5 Å². The molecule has 4 heteroatoms. The first-order valence-corrected chi connectivity index (χ1v) is 8.28. The van der Waals surface area contributed by atoms with E-state index in [-0.39, 0.29) is 5.84 Å². The highest BCUT2D eigenvalue weighted by atomic mass is 79.9. The minimum absolute atomic E-state index is 0.161. The topological polar surface area (TPSA) is 53.1 Å². The molecule has 1 spiro atoms. The summed E-state index contributed by atoms with van der Waals surface area (Å²) in [6, 6.07) is 6.01. The van der Waals surface area contributed by atoms with E-state index in [0.717, 1.165) is 28.8 Å². The Labute approximate surface area is 129 Å². The summed E-state index contributed by atoms with van der Waals surface area (Å²) in [6.07, 6.45) is 8.23. The van der Waals surface area contributed by atoms with Crippen LogP contribution in [0.3, 0.4) is 0 Å². The summed E-state index contributed by atoms with van der Waals surface area (Å²) >= 11 is 3.53. The van der Waals surface area contributed by atoms with Gasteiger partial charge in [0.05, 0.1) is 0 Å². The zero-order valence-corrected chi connectivity index (χ0v) is 13.4. The molecule has 0 unspecified atom stereocenters. The van der Waals surface area contributed by atoms with E-state index < -0.39 is 0 Å². The van der Waals surface area contributed by atoms with Crippen molar-refractivity contribution in [3.05, 3.63) is 28.2 Å². The largest absolute Gasteiger partial charge is 0.384 e. The predicted octanol–water partition coefficient (Wildman–Crippen LogP) is 3.89. The summed E-state index contributed by atoms with van der Waals surface area (Å²) < 4.78 is 1.05. The van der Waals surface area contributed by atoms with Crippen molar-refractivity contribution in [1.82, 2.24) is 0 Å². The lowest BCUT2D eigenvalue weighted by molar-refractivity contribution is 0.226. The van der Waals surface area contributed by atoms with Gasteiger partial charge in [0.15, 0.2) is 0 Å². The summed E-state index contributed by atoms with van der Waals surface area (Å²) in [7, 11) is 0. The number of amidine groups is 1. The minimum Gasteiger partial charge on any atom is -0.384 e. The van der Waals surface area contributed by atoms with Gasteiger partial charge in [-0.1, -0.05) is 28.8 Å². The zero-order valence-electron chi connectivity index (χ0n) is 11.8. The number of nitrogens with one attached hydrogen (secondary N) is 1. The Morgan fingerprint density at radius 1 is 1.15 bits per heavy atom. The molecular formula is C16H22BrN3. The van der Waals surface area contributed by atoms with Crippen LogP contribution in [-0.2, 0) is 0 Å². The zero-order chi connectivity index (χ0) is 14.2. The molecule has 0 atom stereocenters. The van der Waals surface area contributed by atoms with Gasteiger partial charge in [-0.25, -0.2) is 0 Å². The van der Waals surface area contributed by atoms with Crippen LogP contribution >= 0.6 is 15.9 Å². The molecule has 0 radical (unpaired) electrons. The molecule has 3 nitrogen and oxygen atoms in total. The molecule has 20 heavy (non-hydrogen) atoms. The lowest BCUT2D eigenvalue weighted by Gasteiger charge is -2.41. The number of rotatable bonds is 2. The quantitative estimate of drug-likeness (QED) is 0.636. The van der Waals surface area contributed by atoms with E-state index in [1.54, 1.807) is 0 Å². The monoisotopic (exact) mass is 335 g/mol. The molecule has 108 valence electrons. The first-order chi connectivity index (χ1) is 9.60. The van der Waals surface area contributed by atoms with Gasteiger partial charge >= 0.3 is 0 Å². The molecule has 3 N–H and O–H groups in total. The average molecular weight is 336 g/mol. The maximum Gasteiger partial charge on any atom is 0.124 e. The first-order valence-electron chi connectivity index (χ1n) is 7.49. The molecule has 0 amide bonds. The first kappa shape index (κ1) is 13.9. The van der Waals surface area contributed by atoms with Gasteiger partial charge in [-0.2, -0.15) is 0 Å².